The lowest BCUT2D eigenvalue weighted by molar-refractivity contribution is 0.0691. The van der Waals surface area contributed by atoms with Crippen molar-refractivity contribution in [2.75, 3.05) is 44.3 Å². The van der Waals surface area contributed by atoms with Crippen LogP contribution in [0, 0.1) is 0 Å². The zero-order chi connectivity index (χ0) is 23.6. The highest BCUT2D eigenvalue weighted by Gasteiger charge is 2.28. The minimum absolute atomic E-state index is 0.0951. The summed E-state index contributed by atoms with van der Waals surface area (Å²) in [4.78, 5) is 27.1. The number of fused-ring (bicyclic) bond motifs is 1. The van der Waals surface area contributed by atoms with Crippen molar-refractivity contribution in [3.63, 3.8) is 0 Å². The van der Waals surface area contributed by atoms with Crippen LogP contribution in [0.2, 0.25) is 0 Å². The van der Waals surface area contributed by atoms with E-state index in [1.165, 1.54) is 0 Å². The van der Waals surface area contributed by atoms with E-state index in [9.17, 15) is 4.79 Å². The van der Waals surface area contributed by atoms with Crippen LogP contribution in [-0.4, -0.2) is 69.9 Å². The lowest BCUT2D eigenvalue weighted by Crippen LogP contribution is -2.39. The quantitative estimate of drug-likeness (QED) is 0.453. The number of morpholine rings is 1. The normalized spacial score (nSPS) is 17.1. The van der Waals surface area contributed by atoms with Gasteiger partial charge in [0.2, 0.25) is 0 Å². The maximum absolute atomic E-state index is 12.9. The molecule has 1 amide bonds. The van der Waals surface area contributed by atoms with Crippen LogP contribution in [0.1, 0.15) is 29.2 Å². The van der Waals surface area contributed by atoms with Crippen LogP contribution in [0.25, 0.3) is 22.4 Å². The Balaban J connectivity index is 1.31. The van der Waals surface area contributed by atoms with Crippen molar-refractivity contribution in [1.29, 1.82) is 0 Å². The van der Waals surface area contributed by atoms with E-state index < -0.39 is 0 Å². The third-order valence-electron chi connectivity index (χ3n) is 6.89. The van der Waals surface area contributed by atoms with Gasteiger partial charge in [0, 0.05) is 37.3 Å². The minimum atomic E-state index is 0.0951. The Morgan fingerprint density at radius 3 is 2.26 bits per heavy atom. The number of nitrogens with zero attached hydrogens (tertiary/aromatic N) is 6. The molecule has 6 rings (SSSR count). The molecule has 8 nitrogen and oxygen atoms in total. The Bertz CT molecular complexity index is 1310. The van der Waals surface area contributed by atoms with Crippen LogP contribution >= 0.6 is 0 Å². The molecule has 178 valence electrons. The van der Waals surface area contributed by atoms with Gasteiger partial charge in [0.05, 0.1) is 30.8 Å². The summed E-state index contributed by atoms with van der Waals surface area (Å²) in [6.45, 7) is 4.37. The molecule has 0 spiro atoms. The predicted molar refractivity (Wildman–Crippen MR) is 134 cm³/mol. The Morgan fingerprint density at radius 1 is 0.857 bits per heavy atom. The van der Waals surface area contributed by atoms with Crippen molar-refractivity contribution in [1.82, 2.24) is 24.6 Å². The smallest absolute Gasteiger partial charge is 0.253 e. The van der Waals surface area contributed by atoms with Crippen LogP contribution in [0.5, 0.6) is 0 Å². The molecule has 0 aliphatic carbocycles. The molecular weight excluding hydrogens is 440 g/mol. The maximum Gasteiger partial charge on any atom is 0.253 e. The van der Waals surface area contributed by atoms with Crippen molar-refractivity contribution in [2.45, 2.75) is 18.9 Å². The molecule has 2 aromatic heterocycles. The third kappa shape index (κ3) is 4.25. The second-order valence-electron chi connectivity index (χ2n) is 9.05. The number of amides is 1. The van der Waals surface area contributed by atoms with Gasteiger partial charge in [-0.25, -0.2) is 14.6 Å². The van der Waals surface area contributed by atoms with Crippen LogP contribution in [0.15, 0.2) is 66.9 Å². The van der Waals surface area contributed by atoms with Gasteiger partial charge in [-0.15, -0.1) is 0 Å². The maximum atomic E-state index is 12.9. The molecule has 2 aliphatic rings. The third-order valence-corrected chi connectivity index (χ3v) is 6.89. The highest BCUT2D eigenvalue weighted by Crippen LogP contribution is 2.32. The minimum Gasteiger partial charge on any atom is -0.378 e. The van der Waals surface area contributed by atoms with E-state index in [1.54, 1.807) is 0 Å². The lowest BCUT2D eigenvalue weighted by Gasteiger charge is -2.32. The molecule has 4 aromatic rings. The first-order chi connectivity index (χ1) is 17.3. The summed E-state index contributed by atoms with van der Waals surface area (Å²) in [5, 5.41) is 5.76. The number of rotatable bonds is 4. The molecule has 2 fully saturated rings. The van der Waals surface area contributed by atoms with E-state index in [4.69, 9.17) is 19.8 Å². The van der Waals surface area contributed by atoms with Crippen LogP contribution in [0.4, 0.5) is 5.82 Å². The van der Waals surface area contributed by atoms with Gasteiger partial charge in [0.25, 0.3) is 5.91 Å². The van der Waals surface area contributed by atoms with Gasteiger partial charge in [0.15, 0.2) is 11.5 Å². The van der Waals surface area contributed by atoms with Gasteiger partial charge in [0.1, 0.15) is 5.82 Å². The number of ether oxygens (including phenoxy) is 1. The van der Waals surface area contributed by atoms with E-state index in [1.807, 2.05) is 71.8 Å². The second-order valence-corrected chi connectivity index (χ2v) is 9.05. The number of anilines is 1. The molecule has 0 unspecified atom stereocenters. The standard InChI is InChI=1S/C27H28N6O2/c34-27(21-9-5-2-6-10-21)32-13-11-22(12-14-32)33-26-23(19-28-33)25(31-15-17-35-18-16-31)29-24(30-26)20-7-3-1-4-8-20/h1-10,19,22H,11-18H2. The number of hydrogen-bond acceptors (Lipinski definition) is 6. The van der Waals surface area contributed by atoms with Crippen molar-refractivity contribution in [3.8, 4) is 11.4 Å². The van der Waals surface area contributed by atoms with E-state index in [2.05, 4.69) is 9.58 Å². The van der Waals surface area contributed by atoms with E-state index in [-0.39, 0.29) is 11.9 Å². The van der Waals surface area contributed by atoms with Crippen LogP contribution in [-0.2, 0) is 4.74 Å². The van der Waals surface area contributed by atoms with Gasteiger partial charge in [-0.2, -0.15) is 5.10 Å². The molecule has 8 heteroatoms. The van der Waals surface area contributed by atoms with Gasteiger partial charge in [-0.3, -0.25) is 4.79 Å². The average molecular weight is 469 g/mol. The van der Waals surface area contributed by atoms with Gasteiger partial charge in [-0.05, 0) is 25.0 Å². The summed E-state index contributed by atoms with van der Waals surface area (Å²) >= 11 is 0. The zero-order valence-corrected chi connectivity index (χ0v) is 19.6. The van der Waals surface area contributed by atoms with Gasteiger partial charge in [-0.1, -0.05) is 48.5 Å². The molecule has 0 bridgehead atoms. The molecule has 4 heterocycles. The van der Waals surface area contributed by atoms with Crippen LogP contribution in [0.3, 0.4) is 0 Å². The fourth-order valence-electron chi connectivity index (χ4n) is 4.99. The van der Waals surface area contributed by atoms with Gasteiger partial charge < -0.3 is 14.5 Å². The largest absolute Gasteiger partial charge is 0.378 e. The van der Waals surface area contributed by atoms with E-state index in [0.29, 0.717) is 32.1 Å². The fourth-order valence-corrected chi connectivity index (χ4v) is 4.99. The Hall–Kier alpha value is -3.78. The molecule has 0 saturated carbocycles. The molecular formula is C27H28N6O2. The predicted octanol–water partition coefficient (Wildman–Crippen LogP) is 3.81. The molecule has 0 atom stereocenters. The Kier molecular flexibility index (Phi) is 5.88. The SMILES string of the molecule is O=C(c1ccccc1)N1CCC(n2ncc3c(N4CCOCC4)nc(-c4ccccc4)nc32)CC1. The summed E-state index contributed by atoms with van der Waals surface area (Å²) in [6.07, 6.45) is 3.58. The molecule has 2 aliphatic heterocycles. The van der Waals surface area contributed by atoms with E-state index >= 15 is 0 Å². The fraction of sp³-hybridized carbons (Fsp3) is 0.333. The van der Waals surface area contributed by atoms with Gasteiger partial charge >= 0.3 is 0 Å². The first-order valence-corrected chi connectivity index (χ1v) is 12.3. The molecule has 2 saturated heterocycles. The summed E-state index contributed by atoms with van der Waals surface area (Å²) in [5.74, 6) is 1.72. The first-order valence-electron chi connectivity index (χ1n) is 12.3. The summed E-state index contributed by atoms with van der Waals surface area (Å²) in [5.41, 5.74) is 2.58. The molecule has 0 radical (unpaired) electrons. The number of likely N-dealkylation sites (tertiary alicyclic amines) is 1. The second kappa shape index (κ2) is 9.46. The Morgan fingerprint density at radius 2 is 1.54 bits per heavy atom. The van der Waals surface area contributed by atoms with Crippen molar-refractivity contribution < 1.29 is 9.53 Å². The highest BCUT2D eigenvalue weighted by molar-refractivity contribution is 5.94. The Labute approximate surface area is 204 Å². The molecule has 2 aromatic carbocycles. The van der Waals surface area contributed by atoms with Crippen molar-refractivity contribution >= 4 is 22.8 Å². The summed E-state index contributed by atoms with van der Waals surface area (Å²) in [6, 6.07) is 19.8. The molecule has 35 heavy (non-hydrogen) atoms. The topological polar surface area (TPSA) is 76.4 Å². The molecule has 0 N–H and O–H groups in total. The number of hydrogen-bond donors (Lipinski definition) is 0. The van der Waals surface area contributed by atoms with Crippen molar-refractivity contribution in [3.05, 3.63) is 72.4 Å². The first kappa shape index (κ1) is 21.7. The summed E-state index contributed by atoms with van der Waals surface area (Å²) < 4.78 is 7.63. The zero-order valence-electron chi connectivity index (χ0n) is 19.6. The monoisotopic (exact) mass is 468 g/mol. The number of benzene rings is 2. The van der Waals surface area contributed by atoms with Crippen LogP contribution < -0.4 is 4.90 Å². The number of carbonyl (C=O) groups is 1. The van der Waals surface area contributed by atoms with E-state index in [0.717, 1.165) is 53.9 Å². The number of carbonyl (C=O) groups excluding carboxylic acids is 1. The average Bonchev–Trinajstić information content (AvgIpc) is 3.38. The highest BCUT2D eigenvalue weighted by atomic mass is 16.5. The number of aromatic nitrogens is 4. The summed E-state index contributed by atoms with van der Waals surface area (Å²) in [7, 11) is 0. The number of piperidine rings is 1. The van der Waals surface area contributed by atoms with Crippen molar-refractivity contribution in [2.24, 2.45) is 0 Å². The lowest BCUT2D eigenvalue weighted by atomic mass is 10.0.